The fraction of sp³-hybridized carbons (Fsp3) is 0.417. The first-order chi connectivity index (χ1) is 7.15. The van der Waals surface area contributed by atoms with Crippen LogP contribution in [0.15, 0.2) is 24.3 Å². The lowest BCUT2D eigenvalue weighted by atomic mass is 10.0. The number of hydrogen-bond donors (Lipinski definition) is 1. The van der Waals surface area contributed by atoms with Crippen LogP contribution in [0.5, 0.6) is 0 Å². The van der Waals surface area contributed by atoms with Crippen molar-refractivity contribution in [3.8, 4) is 0 Å². The summed E-state index contributed by atoms with van der Waals surface area (Å²) in [5, 5.41) is 8.93. The Bertz CT molecular complexity index is 333. The molecule has 0 aliphatic carbocycles. The number of carbonyl (C=O) groups is 1. The van der Waals surface area contributed by atoms with Gasteiger partial charge in [0.1, 0.15) is 0 Å². The number of hydrogen-bond acceptors (Lipinski definition) is 2. The van der Waals surface area contributed by atoms with Gasteiger partial charge in [-0.25, -0.2) is 4.79 Å². The number of ether oxygens (including phenoxy) is 1. The quantitative estimate of drug-likeness (QED) is 0.805. The molecule has 0 unspecified atom stereocenters. The molecule has 82 valence electrons. The maximum Gasteiger partial charge on any atom is 0.333 e. The molecule has 0 radical (unpaired) electrons. The molecule has 0 amide bonds. The Morgan fingerprint density at radius 3 is 2.67 bits per heavy atom. The predicted octanol–water partition coefficient (Wildman–Crippen LogP) is 2.03. The minimum absolute atomic E-state index is 0.419. The Kier molecular flexibility index (Phi) is 4.31. The highest BCUT2D eigenvalue weighted by molar-refractivity contribution is 5.72. The second-order valence-electron chi connectivity index (χ2n) is 3.41. The average Bonchev–Trinajstić information content (AvgIpc) is 2.20. The van der Waals surface area contributed by atoms with E-state index in [9.17, 15) is 4.79 Å². The van der Waals surface area contributed by atoms with E-state index in [4.69, 9.17) is 9.84 Å². The third-order valence-corrected chi connectivity index (χ3v) is 2.31. The normalized spacial score (nSPS) is 12.4. The van der Waals surface area contributed by atoms with Crippen LogP contribution in [-0.2, 0) is 16.0 Å². The van der Waals surface area contributed by atoms with Gasteiger partial charge in [0, 0.05) is 13.0 Å². The smallest absolute Gasteiger partial charge is 0.333 e. The van der Waals surface area contributed by atoms with Gasteiger partial charge in [-0.2, -0.15) is 0 Å². The highest BCUT2D eigenvalue weighted by atomic mass is 16.5. The summed E-state index contributed by atoms with van der Waals surface area (Å²) in [6.07, 6.45) is -0.313. The monoisotopic (exact) mass is 208 g/mol. The number of rotatable bonds is 5. The predicted molar refractivity (Wildman–Crippen MR) is 57.9 cm³/mol. The summed E-state index contributed by atoms with van der Waals surface area (Å²) in [4.78, 5) is 10.9. The van der Waals surface area contributed by atoms with Crippen LogP contribution in [0.3, 0.4) is 0 Å². The lowest BCUT2D eigenvalue weighted by Gasteiger charge is -2.13. The summed E-state index contributed by atoms with van der Waals surface area (Å²) >= 11 is 0. The van der Waals surface area contributed by atoms with E-state index in [1.165, 1.54) is 0 Å². The van der Waals surface area contributed by atoms with E-state index in [1.807, 2.05) is 31.2 Å². The highest BCUT2D eigenvalue weighted by Gasteiger charge is 2.18. The van der Waals surface area contributed by atoms with Crippen LogP contribution in [0.4, 0.5) is 0 Å². The molecular formula is C12H16O3. The van der Waals surface area contributed by atoms with Crippen molar-refractivity contribution in [2.75, 3.05) is 6.61 Å². The zero-order valence-corrected chi connectivity index (χ0v) is 9.06. The second-order valence-corrected chi connectivity index (χ2v) is 3.41. The Morgan fingerprint density at radius 2 is 2.13 bits per heavy atom. The Balaban J connectivity index is 2.74. The van der Waals surface area contributed by atoms with E-state index in [2.05, 4.69) is 0 Å². The van der Waals surface area contributed by atoms with Crippen molar-refractivity contribution in [3.63, 3.8) is 0 Å². The first-order valence-corrected chi connectivity index (χ1v) is 5.04. The molecule has 1 N–H and O–H groups in total. The van der Waals surface area contributed by atoms with Crippen molar-refractivity contribution >= 4 is 5.97 Å². The standard InChI is InChI=1S/C12H16O3/c1-3-15-11(12(13)14)8-10-7-5-4-6-9(10)2/h4-7,11H,3,8H2,1-2H3,(H,13,14)/t11-/m0/s1. The third kappa shape index (κ3) is 3.36. The van der Waals surface area contributed by atoms with E-state index in [0.717, 1.165) is 11.1 Å². The number of benzene rings is 1. The van der Waals surface area contributed by atoms with E-state index >= 15 is 0 Å². The summed E-state index contributed by atoms with van der Waals surface area (Å²) in [5.74, 6) is -0.903. The minimum Gasteiger partial charge on any atom is -0.479 e. The molecule has 0 saturated carbocycles. The molecule has 0 spiro atoms. The molecule has 0 aliphatic rings. The van der Waals surface area contributed by atoms with Gasteiger partial charge in [0.25, 0.3) is 0 Å². The van der Waals surface area contributed by atoms with Gasteiger partial charge >= 0.3 is 5.97 Å². The lowest BCUT2D eigenvalue weighted by Crippen LogP contribution is -2.26. The molecule has 1 aromatic carbocycles. The molecule has 0 aliphatic heterocycles. The molecule has 1 rings (SSSR count). The molecule has 0 bridgehead atoms. The molecule has 3 heteroatoms. The zero-order chi connectivity index (χ0) is 11.3. The summed E-state index contributed by atoms with van der Waals surface area (Å²) < 4.78 is 5.16. The van der Waals surface area contributed by atoms with Crippen LogP contribution < -0.4 is 0 Å². The van der Waals surface area contributed by atoms with Crippen molar-refractivity contribution < 1.29 is 14.6 Å². The molecule has 1 aromatic rings. The number of aryl methyl sites for hydroxylation is 1. The number of carboxylic acid groups (broad SMARTS) is 1. The zero-order valence-electron chi connectivity index (χ0n) is 9.06. The van der Waals surface area contributed by atoms with Crippen molar-refractivity contribution in [2.24, 2.45) is 0 Å². The van der Waals surface area contributed by atoms with Gasteiger partial charge in [-0.05, 0) is 25.0 Å². The molecule has 3 nitrogen and oxygen atoms in total. The molecule has 15 heavy (non-hydrogen) atoms. The summed E-state index contributed by atoms with van der Waals surface area (Å²) in [7, 11) is 0. The first-order valence-electron chi connectivity index (χ1n) is 5.04. The maximum atomic E-state index is 10.9. The van der Waals surface area contributed by atoms with Gasteiger partial charge in [0.05, 0.1) is 0 Å². The summed E-state index contributed by atoms with van der Waals surface area (Å²) in [5.41, 5.74) is 2.13. The van der Waals surface area contributed by atoms with Crippen LogP contribution in [0.1, 0.15) is 18.1 Å². The Morgan fingerprint density at radius 1 is 1.47 bits per heavy atom. The van der Waals surface area contributed by atoms with Crippen LogP contribution in [0.25, 0.3) is 0 Å². The van der Waals surface area contributed by atoms with E-state index in [1.54, 1.807) is 6.92 Å². The summed E-state index contributed by atoms with van der Waals surface area (Å²) in [6.45, 7) is 4.19. The molecule has 0 aromatic heterocycles. The minimum atomic E-state index is -0.903. The Hall–Kier alpha value is -1.35. The van der Waals surface area contributed by atoms with Crippen molar-refractivity contribution in [1.29, 1.82) is 0 Å². The van der Waals surface area contributed by atoms with E-state index in [-0.39, 0.29) is 0 Å². The number of carboxylic acids is 1. The van der Waals surface area contributed by atoms with Gasteiger partial charge in [-0.1, -0.05) is 24.3 Å². The van der Waals surface area contributed by atoms with Crippen LogP contribution in [0.2, 0.25) is 0 Å². The van der Waals surface area contributed by atoms with Gasteiger partial charge in [-0.15, -0.1) is 0 Å². The van der Waals surface area contributed by atoms with Crippen LogP contribution in [-0.4, -0.2) is 23.8 Å². The highest BCUT2D eigenvalue weighted by Crippen LogP contribution is 2.11. The summed E-state index contributed by atoms with van der Waals surface area (Å²) in [6, 6.07) is 7.76. The molecule has 0 fully saturated rings. The van der Waals surface area contributed by atoms with E-state index in [0.29, 0.717) is 13.0 Å². The average molecular weight is 208 g/mol. The largest absolute Gasteiger partial charge is 0.479 e. The lowest BCUT2D eigenvalue weighted by molar-refractivity contribution is -0.149. The molecular weight excluding hydrogens is 192 g/mol. The van der Waals surface area contributed by atoms with Gasteiger partial charge in [0.15, 0.2) is 6.10 Å². The maximum absolute atomic E-state index is 10.9. The first kappa shape index (κ1) is 11.7. The molecule has 1 atom stereocenters. The van der Waals surface area contributed by atoms with Crippen molar-refractivity contribution in [1.82, 2.24) is 0 Å². The molecule has 0 heterocycles. The fourth-order valence-electron chi connectivity index (χ4n) is 1.46. The van der Waals surface area contributed by atoms with Gasteiger partial charge in [0.2, 0.25) is 0 Å². The number of aliphatic carboxylic acids is 1. The van der Waals surface area contributed by atoms with Crippen molar-refractivity contribution in [2.45, 2.75) is 26.4 Å². The van der Waals surface area contributed by atoms with Gasteiger partial charge < -0.3 is 9.84 Å². The third-order valence-electron chi connectivity index (χ3n) is 2.31. The second kappa shape index (κ2) is 5.51. The van der Waals surface area contributed by atoms with Crippen LogP contribution >= 0.6 is 0 Å². The molecule has 0 saturated heterocycles. The van der Waals surface area contributed by atoms with Crippen LogP contribution in [0, 0.1) is 6.92 Å². The van der Waals surface area contributed by atoms with Gasteiger partial charge in [-0.3, -0.25) is 0 Å². The Labute approximate surface area is 89.7 Å². The van der Waals surface area contributed by atoms with Crippen molar-refractivity contribution in [3.05, 3.63) is 35.4 Å². The SMILES string of the molecule is CCO[C@@H](Cc1ccccc1C)C(=O)O. The topological polar surface area (TPSA) is 46.5 Å². The van der Waals surface area contributed by atoms with E-state index < -0.39 is 12.1 Å². The fourth-order valence-corrected chi connectivity index (χ4v) is 1.46.